The van der Waals surface area contributed by atoms with Crippen LogP contribution >= 0.6 is 0 Å². The highest BCUT2D eigenvalue weighted by Gasteiger charge is 2.29. The maximum Gasteiger partial charge on any atom is 0.347 e. The molecule has 1 heterocycles. The van der Waals surface area contributed by atoms with E-state index in [1.807, 2.05) is 0 Å². The zero-order chi connectivity index (χ0) is 21.0. The monoisotopic (exact) mass is 398 g/mol. The van der Waals surface area contributed by atoms with E-state index in [4.69, 9.17) is 23.7 Å². The lowest BCUT2D eigenvalue weighted by atomic mass is 10.1. The van der Waals surface area contributed by atoms with Gasteiger partial charge < -0.3 is 23.7 Å². The number of esters is 1. The van der Waals surface area contributed by atoms with Gasteiger partial charge in [-0.1, -0.05) is 12.1 Å². The summed E-state index contributed by atoms with van der Waals surface area (Å²) in [6, 6.07) is 10.2. The molecule has 1 aliphatic rings. The van der Waals surface area contributed by atoms with Gasteiger partial charge in [-0.15, -0.1) is 0 Å². The standard InChI is InChI=1S/C22H22O7/c1-5-27-22(24)13(2)28-15-9-10-16-18(12-15)29-19(20(16)23)11-14-7-6-8-17(25-3)21(14)26-4/h6-13H,5H2,1-4H3/b19-11-. The number of Topliss-reactive ketones (excluding diaryl/α,β-unsaturated/α-hetero) is 1. The van der Waals surface area contributed by atoms with E-state index in [-0.39, 0.29) is 18.1 Å². The predicted octanol–water partition coefficient (Wildman–Crippen LogP) is 3.65. The van der Waals surface area contributed by atoms with E-state index in [1.165, 1.54) is 7.11 Å². The molecular formula is C22H22O7. The molecule has 7 nitrogen and oxygen atoms in total. The van der Waals surface area contributed by atoms with Crippen LogP contribution in [-0.2, 0) is 9.53 Å². The highest BCUT2D eigenvalue weighted by atomic mass is 16.6. The number of carbonyl (C=O) groups excluding carboxylic acids is 2. The molecule has 0 aliphatic carbocycles. The Morgan fingerprint density at radius 3 is 2.66 bits per heavy atom. The number of para-hydroxylation sites is 1. The minimum absolute atomic E-state index is 0.155. The number of hydrogen-bond donors (Lipinski definition) is 0. The average Bonchev–Trinajstić information content (AvgIpc) is 3.02. The molecule has 0 fully saturated rings. The summed E-state index contributed by atoms with van der Waals surface area (Å²) in [4.78, 5) is 24.4. The SMILES string of the molecule is CCOC(=O)C(C)Oc1ccc2c(c1)O/C(=C\c1cccc(OC)c1OC)C2=O. The van der Waals surface area contributed by atoms with Gasteiger partial charge in [-0.3, -0.25) is 4.79 Å². The second kappa shape index (κ2) is 8.68. The third-order valence-electron chi connectivity index (χ3n) is 4.29. The Kier molecular flexibility index (Phi) is 6.07. The molecule has 7 heteroatoms. The molecule has 1 atom stereocenters. The van der Waals surface area contributed by atoms with E-state index in [0.717, 1.165) is 0 Å². The van der Waals surface area contributed by atoms with Crippen LogP contribution in [0.15, 0.2) is 42.2 Å². The van der Waals surface area contributed by atoms with Crippen molar-refractivity contribution in [3.8, 4) is 23.0 Å². The zero-order valence-electron chi connectivity index (χ0n) is 16.7. The molecule has 152 valence electrons. The highest BCUT2D eigenvalue weighted by Crippen LogP contribution is 2.37. The first-order valence-electron chi connectivity index (χ1n) is 9.11. The molecule has 29 heavy (non-hydrogen) atoms. The van der Waals surface area contributed by atoms with E-state index in [2.05, 4.69) is 0 Å². The van der Waals surface area contributed by atoms with E-state index in [0.29, 0.717) is 34.1 Å². The maximum atomic E-state index is 12.7. The Labute approximate surface area is 168 Å². The predicted molar refractivity (Wildman–Crippen MR) is 106 cm³/mol. The summed E-state index contributed by atoms with van der Waals surface area (Å²) in [6.07, 6.45) is 0.826. The fourth-order valence-electron chi connectivity index (χ4n) is 2.92. The van der Waals surface area contributed by atoms with Gasteiger partial charge in [0.25, 0.3) is 0 Å². The summed E-state index contributed by atoms with van der Waals surface area (Å²) in [5, 5.41) is 0. The first kappa shape index (κ1) is 20.3. The summed E-state index contributed by atoms with van der Waals surface area (Å²) < 4.78 is 26.9. The van der Waals surface area contributed by atoms with Gasteiger partial charge in [0.1, 0.15) is 11.5 Å². The van der Waals surface area contributed by atoms with Crippen LogP contribution in [0.1, 0.15) is 29.8 Å². The van der Waals surface area contributed by atoms with Crippen LogP contribution < -0.4 is 18.9 Å². The fourth-order valence-corrected chi connectivity index (χ4v) is 2.92. The van der Waals surface area contributed by atoms with E-state index < -0.39 is 12.1 Å². The van der Waals surface area contributed by atoms with Gasteiger partial charge in [0.05, 0.1) is 26.4 Å². The summed E-state index contributed by atoms with van der Waals surface area (Å²) in [6.45, 7) is 3.60. The number of allylic oxidation sites excluding steroid dienone is 1. The van der Waals surface area contributed by atoms with Crippen molar-refractivity contribution in [3.63, 3.8) is 0 Å². The molecule has 0 aromatic heterocycles. The van der Waals surface area contributed by atoms with Crippen molar-refractivity contribution in [3.05, 3.63) is 53.3 Å². The second-order valence-corrected chi connectivity index (χ2v) is 6.19. The third-order valence-corrected chi connectivity index (χ3v) is 4.29. The number of carbonyl (C=O) groups is 2. The lowest BCUT2D eigenvalue weighted by Crippen LogP contribution is -2.26. The van der Waals surface area contributed by atoms with Crippen molar-refractivity contribution in [2.45, 2.75) is 20.0 Å². The Morgan fingerprint density at radius 1 is 1.17 bits per heavy atom. The summed E-state index contributed by atoms with van der Waals surface area (Å²) in [7, 11) is 3.07. The first-order valence-corrected chi connectivity index (χ1v) is 9.11. The minimum atomic E-state index is -0.777. The summed E-state index contributed by atoms with van der Waals surface area (Å²) in [5.41, 5.74) is 1.06. The van der Waals surface area contributed by atoms with Gasteiger partial charge >= 0.3 is 5.97 Å². The van der Waals surface area contributed by atoms with Crippen LogP contribution in [0, 0.1) is 0 Å². The van der Waals surface area contributed by atoms with Crippen molar-refractivity contribution < 1.29 is 33.3 Å². The topological polar surface area (TPSA) is 80.3 Å². The van der Waals surface area contributed by atoms with Crippen molar-refractivity contribution in [1.82, 2.24) is 0 Å². The van der Waals surface area contributed by atoms with Gasteiger partial charge in [-0.2, -0.15) is 0 Å². The van der Waals surface area contributed by atoms with Gasteiger partial charge in [-0.05, 0) is 38.1 Å². The molecule has 0 bridgehead atoms. The quantitative estimate of drug-likeness (QED) is 0.520. The largest absolute Gasteiger partial charge is 0.493 e. The normalized spacial score (nSPS) is 14.8. The van der Waals surface area contributed by atoms with Gasteiger partial charge in [-0.25, -0.2) is 4.79 Å². The van der Waals surface area contributed by atoms with E-state index in [9.17, 15) is 9.59 Å². The van der Waals surface area contributed by atoms with Crippen LogP contribution in [-0.4, -0.2) is 38.7 Å². The minimum Gasteiger partial charge on any atom is -0.493 e. The van der Waals surface area contributed by atoms with Crippen LogP contribution in [0.4, 0.5) is 0 Å². The van der Waals surface area contributed by atoms with Crippen LogP contribution in [0.5, 0.6) is 23.0 Å². The number of ether oxygens (including phenoxy) is 5. The summed E-state index contributed by atoms with van der Waals surface area (Å²) >= 11 is 0. The number of fused-ring (bicyclic) bond motifs is 1. The molecule has 0 saturated carbocycles. The third kappa shape index (κ3) is 4.18. The number of benzene rings is 2. The van der Waals surface area contributed by atoms with Crippen LogP contribution in [0.2, 0.25) is 0 Å². The molecule has 1 aliphatic heterocycles. The molecule has 2 aromatic rings. The first-order chi connectivity index (χ1) is 14.0. The van der Waals surface area contributed by atoms with Crippen LogP contribution in [0.25, 0.3) is 6.08 Å². The van der Waals surface area contributed by atoms with Crippen molar-refractivity contribution in [1.29, 1.82) is 0 Å². The number of rotatable bonds is 7. The Balaban J connectivity index is 1.84. The smallest absolute Gasteiger partial charge is 0.347 e. The zero-order valence-corrected chi connectivity index (χ0v) is 16.7. The molecule has 0 spiro atoms. The van der Waals surface area contributed by atoms with E-state index in [1.54, 1.807) is 63.4 Å². The van der Waals surface area contributed by atoms with Gasteiger partial charge in [0, 0.05) is 11.6 Å². The van der Waals surface area contributed by atoms with E-state index >= 15 is 0 Å². The molecule has 0 amide bonds. The van der Waals surface area contributed by atoms with Crippen molar-refractivity contribution in [2.75, 3.05) is 20.8 Å². The maximum absolute atomic E-state index is 12.7. The number of methoxy groups -OCH3 is 2. The molecule has 3 rings (SSSR count). The molecule has 0 saturated heterocycles. The Morgan fingerprint density at radius 2 is 1.97 bits per heavy atom. The Bertz CT molecular complexity index is 962. The highest BCUT2D eigenvalue weighted by molar-refractivity contribution is 6.14. The Hall–Kier alpha value is -3.48. The number of ketones is 1. The molecule has 2 aromatic carbocycles. The summed E-state index contributed by atoms with van der Waals surface area (Å²) in [5.74, 6) is 1.25. The molecule has 1 unspecified atom stereocenters. The molecule has 0 radical (unpaired) electrons. The average molecular weight is 398 g/mol. The van der Waals surface area contributed by atoms with Crippen molar-refractivity contribution >= 4 is 17.8 Å². The molecular weight excluding hydrogens is 376 g/mol. The lowest BCUT2D eigenvalue weighted by molar-refractivity contribution is -0.150. The van der Waals surface area contributed by atoms with Crippen molar-refractivity contribution in [2.24, 2.45) is 0 Å². The lowest BCUT2D eigenvalue weighted by Gasteiger charge is -2.13. The second-order valence-electron chi connectivity index (χ2n) is 6.19. The van der Waals surface area contributed by atoms with Gasteiger partial charge in [0.15, 0.2) is 23.4 Å². The van der Waals surface area contributed by atoms with Crippen LogP contribution in [0.3, 0.4) is 0 Å². The molecule has 0 N–H and O–H groups in total. The number of hydrogen-bond acceptors (Lipinski definition) is 7. The fraction of sp³-hybridized carbons (Fsp3) is 0.273. The van der Waals surface area contributed by atoms with Gasteiger partial charge in [0.2, 0.25) is 5.78 Å².